The Kier molecular flexibility index (Phi) is 13.8. The van der Waals surface area contributed by atoms with Crippen LogP contribution in [-0.4, -0.2) is 93.5 Å². The Hall–Kier alpha value is -0.119. The molecule has 0 N–H and O–H groups in total. The fraction of sp³-hybridized carbons (Fsp3) is 0.970. The predicted molar refractivity (Wildman–Crippen MR) is 184 cm³/mol. The van der Waals surface area contributed by atoms with Crippen molar-refractivity contribution in [2.24, 2.45) is 0 Å². The maximum absolute atomic E-state index is 12.6. The standard InChI is InChI=1S/C33H66O8Si3/c1-13-43(14-2,15-3)40-29-26(23-27(34)35-10)39-31-30(29)38-25-20-19-24(21-22-36-42(11,12)33(7,8)9)37-28(25)32(31)41-44(16-4,17-5)18-6/h24-26,28-32H,13-23H2,1-12H3/t24-,25+,26-,28+,29+,30+,31-,32+/m1/s1. The Morgan fingerprint density at radius 3 is 1.77 bits per heavy atom. The minimum absolute atomic E-state index is 0.0906. The number of methoxy groups -OCH3 is 1. The summed E-state index contributed by atoms with van der Waals surface area (Å²) in [5, 5.41) is 0.179. The number of ether oxygens (including phenoxy) is 4. The van der Waals surface area contributed by atoms with Gasteiger partial charge in [-0.2, -0.15) is 0 Å². The lowest BCUT2D eigenvalue weighted by Gasteiger charge is -2.51. The van der Waals surface area contributed by atoms with Gasteiger partial charge in [-0.3, -0.25) is 4.79 Å². The van der Waals surface area contributed by atoms with Crippen molar-refractivity contribution in [2.75, 3.05) is 13.7 Å². The van der Waals surface area contributed by atoms with E-state index in [1.165, 1.54) is 7.11 Å². The fourth-order valence-electron chi connectivity index (χ4n) is 7.03. The highest BCUT2D eigenvalue weighted by Gasteiger charge is 2.60. The van der Waals surface area contributed by atoms with Crippen LogP contribution in [-0.2, 0) is 37.0 Å². The molecule has 0 aromatic heterocycles. The van der Waals surface area contributed by atoms with E-state index in [1.807, 2.05) is 0 Å². The van der Waals surface area contributed by atoms with E-state index in [0.29, 0.717) is 6.61 Å². The lowest BCUT2D eigenvalue weighted by Crippen LogP contribution is -2.65. The highest BCUT2D eigenvalue weighted by atomic mass is 28.4. The van der Waals surface area contributed by atoms with Gasteiger partial charge in [0.1, 0.15) is 30.5 Å². The number of carbonyl (C=O) groups is 1. The van der Waals surface area contributed by atoms with E-state index in [9.17, 15) is 4.79 Å². The van der Waals surface area contributed by atoms with Crippen LogP contribution in [0.2, 0.25) is 54.4 Å². The van der Waals surface area contributed by atoms with Gasteiger partial charge >= 0.3 is 5.97 Å². The molecule has 0 aromatic rings. The number of hydrogen-bond donors (Lipinski definition) is 0. The Morgan fingerprint density at radius 1 is 0.750 bits per heavy atom. The van der Waals surface area contributed by atoms with Crippen LogP contribution in [0.25, 0.3) is 0 Å². The van der Waals surface area contributed by atoms with E-state index in [2.05, 4.69) is 75.4 Å². The van der Waals surface area contributed by atoms with Gasteiger partial charge in [0.2, 0.25) is 0 Å². The van der Waals surface area contributed by atoms with Crippen LogP contribution in [0, 0.1) is 0 Å². The average molecular weight is 675 g/mol. The second-order valence-corrected chi connectivity index (χ2v) is 29.2. The molecular formula is C33H66O8Si3. The van der Waals surface area contributed by atoms with Crippen molar-refractivity contribution in [1.29, 1.82) is 0 Å². The minimum atomic E-state index is -2.04. The van der Waals surface area contributed by atoms with Gasteiger partial charge in [-0.25, -0.2) is 0 Å². The first kappa shape index (κ1) is 38.3. The molecule has 8 nitrogen and oxygen atoms in total. The fourth-order valence-corrected chi connectivity index (χ4v) is 13.8. The normalized spacial score (nSPS) is 31.5. The highest BCUT2D eigenvalue weighted by Crippen LogP contribution is 2.45. The summed E-state index contributed by atoms with van der Waals surface area (Å²) >= 11 is 0. The molecule has 3 aliphatic rings. The van der Waals surface area contributed by atoms with Gasteiger partial charge in [-0.15, -0.1) is 0 Å². The van der Waals surface area contributed by atoms with Gasteiger partial charge in [-0.05, 0) is 73.7 Å². The summed E-state index contributed by atoms with van der Waals surface area (Å²) in [7, 11) is -4.47. The zero-order chi connectivity index (χ0) is 32.9. The molecule has 0 amide bonds. The maximum atomic E-state index is 12.6. The van der Waals surface area contributed by atoms with Crippen LogP contribution in [0.4, 0.5) is 0 Å². The molecular weight excluding hydrogens is 609 g/mol. The third-order valence-corrected chi connectivity index (χ3v) is 25.6. The highest BCUT2D eigenvalue weighted by molar-refractivity contribution is 6.74. The summed E-state index contributed by atoms with van der Waals surface area (Å²) in [6.45, 7) is 25.7. The van der Waals surface area contributed by atoms with Crippen LogP contribution in [0.3, 0.4) is 0 Å². The second kappa shape index (κ2) is 15.9. The molecule has 0 aliphatic carbocycles. The van der Waals surface area contributed by atoms with Crippen molar-refractivity contribution in [1.82, 2.24) is 0 Å². The Morgan fingerprint density at radius 2 is 1.27 bits per heavy atom. The van der Waals surface area contributed by atoms with Gasteiger partial charge in [0.05, 0.1) is 31.8 Å². The van der Waals surface area contributed by atoms with Crippen LogP contribution >= 0.6 is 0 Å². The molecule has 0 spiro atoms. The molecule has 8 atom stereocenters. The molecule has 0 radical (unpaired) electrons. The third-order valence-electron chi connectivity index (χ3n) is 11.8. The molecule has 44 heavy (non-hydrogen) atoms. The first-order valence-electron chi connectivity index (χ1n) is 17.7. The van der Waals surface area contributed by atoms with E-state index in [1.54, 1.807) is 0 Å². The molecule has 3 aliphatic heterocycles. The first-order chi connectivity index (χ1) is 20.7. The number of rotatable bonds is 16. The lowest BCUT2D eigenvalue weighted by atomic mass is 9.88. The minimum Gasteiger partial charge on any atom is -0.469 e. The van der Waals surface area contributed by atoms with Crippen LogP contribution in [0.5, 0.6) is 0 Å². The lowest BCUT2D eigenvalue weighted by molar-refractivity contribution is -0.255. The van der Waals surface area contributed by atoms with Gasteiger partial charge in [0.25, 0.3) is 0 Å². The number of fused-ring (bicyclic) bond motifs is 2. The monoisotopic (exact) mass is 674 g/mol. The molecule has 0 unspecified atom stereocenters. The molecule has 11 heteroatoms. The van der Waals surface area contributed by atoms with E-state index >= 15 is 0 Å². The SMILES string of the molecule is CC[Si](CC)(CC)O[C@@H]1[C@@H]2O[C@H](CC(=O)OC)[C@H](O[Si](CC)(CC)CC)[C@@H]2O[C@H]2CC[C@H](CCO[Si](C)(C)C(C)(C)C)O[C@H]12. The summed E-state index contributed by atoms with van der Waals surface area (Å²) in [6, 6.07) is 6.18. The Balaban J connectivity index is 1.92. The molecule has 3 fully saturated rings. The topological polar surface area (TPSA) is 81.7 Å². The molecule has 0 aromatic carbocycles. The first-order valence-corrected chi connectivity index (χ1v) is 25.7. The average Bonchev–Trinajstić information content (AvgIpc) is 3.33. The summed E-state index contributed by atoms with van der Waals surface area (Å²) in [5.41, 5.74) is 0. The zero-order valence-corrected chi connectivity index (χ0v) is 33.2. The van der Waals surface area contributed by atoms with Crippen molar-refractivity contribution in [2.45, 2.75) is 191 Å². The van der Waals surface area contributed by atoms with Crippen molar-refractivity contribution >= 4 is 30.9 Å². The maximum Gasteiger partial charge on any atom is 0.308 e. The molecule has 3 saturated heterocycles. The molecule has 0 saturated carbocycles. The van der Waals surface area contributed by atoms with E-state index in [0.717, 1.165) is 55.5 Å². The third kappa shape index (κ3) is 8.47. The van der Waals surface area contributed by atoms with Crippen molar-refractivity contribution in [3.05, 3.63) is 0 Å². The van der Waals surface area contributed by atoms with Crippen molar-refractivity contribution in [3.8, 4) is 0 Å². The molecule has 3 heterocycles. The van der Waals surface area contributed by atoms with E-state index < -0.39 is 31.1 Å². The summed E-state index contributed by atoms with van der Waals surface area (Å²) in [5.74, 6) is -0.286. The predicted octanol–water partition coefficient (Wildman–Crippen LogP) is 7.82. The summed E-state index contributed by atoms with van der Waals surface area (Å²) in [4.78, 5) is 12.6. The van der Waals surface area contributed by atoms with E-state index in [4.69, 9.17) is 32.2 Å². The quantitative estimate of drug-likeness (QED) is 0.121. The molecule has 3 rings (SSSR count). The molecule has 0 bridgehead atoms. The van der Waals surface area contributed by atoms with Crippen molar-refractivity contribution in [3.63, 3.8) is 0 Å². The van der Waals surface area contributed by atoms with Crippen molar-refractivity contribution < 1.29 is 37.0 Å². The van der Waals surface area contributed by atoms with E-state index in [-0.39, 0.29) is 60.2 Å². The van der Waals surface area contributed by atoms with Crippen LogP contribution in [0.15, 0.2) is 0 Å². The zero-order valence-electron chi connectivity index (χ0n) is 30.2. The smallest absolute Gasteiger partial charge is 0.308 e. The Labute approximate surface area is 272 Å². The summed E-state index contributed by atoms with van der Waals surface area (Å²) in [6.07, 6.45) is 0.950. The Bertz CT molecular complexity index is 887. The number of carbonyl (C=O) groups excluding carboxylic acids is 1. The largest absolute Gasteiger partial charge is 0.469 e. The van der Waals surface area contributed by atoms with Gasteiger partial charge < -0.3 is 32.2 Å². The second-order valence-electron chi connectivity index (χ2n) is 14.9. The van der Waals surface area contributed by atoms with Crippen LogP contribution < -0.4 is 0 Å². The number of esters is 1. The molecule has 258 valence electrons. The van der Waals surface area contributed by atoms with Gasteiger partial charge in [-0.1, -0.05) is 62.3 Å². The summed E-state index contributed by atoms with van der Waals surface area (Å²) < 4.78 is 46.8. The van der Waals surface area contributed by atoms with Crippen LogP contribution in [0.1, 0.15) is 88.0 Å². The van der Waals surface area contributed by atoms with Gasteiger partial charge in [0, 0.05) is 6.61 Å². The van der Waals surface area contributed by atoms with Gasteiger partial charge in [0.15, 0.2) is 25.0 Å². The number of hydrogen-bond acceptors (Lipinski definition) is 8.